The van der Waals surface area contributed by atoms with Crippen LogP contribution in [-0.2, 0) is 32.6 Å². The molecule has 10 heteroatoms. The molecule has 0 radical (unpaired) electrons. The third-order valence-corrected chi connectivity index (χ3v) is 6.04. The van der Waals surface area contributed by atoms with Crippen molar-refractivity contribution < 1.29 is 26.7 Å². The number of rotatable bonds is 8. The monoisotopic (exact) mass is 453 g/mol. The van der Waals surface area contributed by atoms with Gasteiger partial charge in [-0.15, -0.1) is 0 Å². The summed E-state index contributed by atoms with van der Waals surface area (Å²) in [5, 5.41) is 2.66. The van der Waals surface area contributed by atoms with Gasteiger partial charge in [-0.3, -0.25) is 14.0 Å². The van der Waals surface area contributed by atoms with E-state index in [0.29, 0.717) is 0 Å². The molecular formula is C21H25F2N3O4S. The standard InChI is InChI=1S/C21H25F2N3O4S/c1-31(28,29)26(18-6-7-19(22)20(23)12-18)15-21(27)24-13-16-2-4-17(5-3-16)14-25-8-10-30-11-9-25/h2-7,12H,8-11,13-15H2,1H3,(H,24,27). The Balaban J connectivity index is 1.56. The molecule has 3 rings (SSSR count). The quantitative estimate of drug-likeness (QED) is 0.660. The predicted molar refractivity (Wildman–Crippen MR) is 113 cm³/mol. The van der Waals surface area contributed by atoms with Gasteiger partial charge in [-0.05, 0) is 23.3 Å². The van der Waals surface area contributed by atoms with E-state index in [2.05, 4.69) is 10.2 Å². The van der Waals surface area contributed by atoms with Crippen molar-refractivity contribution in [1.29, 1.82) is 0 Å². The van der Waals surface area contributed by atoms with Gasteiger partial charge in [0, 0.05) is 32.2 Å². The maximum atomic E-state index is 13.5. The first-order valence-electron chi connectivity index (χ1n) is 9.80. The molecule has 2 aromatic carbocycles. The predicted octanol–water partition coefficient (Wildman–Crippen LogP) is 1.88. The number of amides is 1. The number of benzene rings is 2. The van der Waals surface area contributed by atoms with Crippen LogP contribution in [0.4, 0.5) is 14.5 Å². The van der Waals surface area contributed by atoms with Crippen molar-refractivity contribution in [2.75, 3.05) is 43.4 Å². The first-order chi connectivity index (χ1) is 14.7. The molecule has 7 nitrogen and oxygen atoms in total. The van der Waals surface area contributed by atoms with Gasteiger partial charge >= 0.3 is 0 Å². The summed E-state index contributed by atoms with van der Waals surface area (Å²) >= 11 is 0. The molecule has 31 heavy (non-hydrogen) atoms. The Morgan fingerprint density at radius 3 is 2.32 bits per heavy atom. The third-order valence-electron chi connectivity index (χ3n) is 4.90. The number of hydrogen-bond acceptors (Lipinski definition) is 5. The molecule has 0 spiro atoms. The number of halogens is 2. The lowest BCUT2D eigenvalue weighted by Gasteiger charge is -2.26. The van der Waals surface area contributed by atoms with E-state index in [0.717, 1.165) is 72.7 Å². The molecule has 2 aromatic rings. The SMILES string of the molecule is CS(=O)(=O)N(CC(=O)NCc1ccc(CN2CCOCC2)cc1)c1ccc(F)c(F)c1. The van der Waals surface area contributed by atoms with Crippen LogP contribution in [0.3, 0.4) is 0 Å². The summed E-state index contributed by atoms with van der Waals surface area (Å²) in [5.41, 5.74) is 1.89. The average Bonchev–Trinajstić information content (AvgIpc) is 2.73. The van der Waals surface area contributed by atoms with Gasteiger partial charge in [-0.25, -0.2) is 17.2 Å². The number of hydrogen-bond donors (Lipinski definition) is 1. The lowest BCUT2D eigenvalue weighted by Crippen LogP contribution is -2.40. The van der Waals surface area contributed by atoms with Crippen molar-refractivity contribution in [1.82, 2.24) is 10.2 Å². The highest BCUT2D eigenvalue weighted by molar-refractivity contribution is 7.92. The number of carbonyl (C=O) groups excluding carboxylic acids is 1. The van der Waals surface area contributed by atoms with Crippen LogP contribution in [0.5, 0.6) is 0 Å². The van der Waals surface area contributed by atoms with Gasteiger partial charge < -0.3 is 10.1 Å². The number of anilines is 1. The molecule has 1 N–H and O–H groups in total. The first-order valence-corrected chi connectivity index (χ1v) is 11.6. The minimum atomic E-state index is -3.88. The maximum absolute atomic E-state index is 13.5. The van der Waals surface area contributed by atoms with Crippen LogP contribution in [0.25, 0.3) is 0 Å². The molecule has 0 aliphatic carbocycles. The van der Waals surface area contributed by atoms with E-state index in [4.69, 9.17) is 4.74 Å². The first kappa shape index (κ1) is 23.1. The van der Waals surface area contributed by atoms with Crippen LogP contribution in [0.2, 0.25) is 0 Å². The highest BCUT2D eigenvalue weighted by atomic mass is 32.2. The van der Waals surface area contributed by atoms with Crippen LogP contribution in [0, 0.1) is 11.6 Å². The summed E-state index contributed by atoms with van der Waals surface area (Å²) in [4.78, 5) is 14.6. The summed E-state index contributed by atoms with van der Waals surface area (Å²) in [6, 6.07) is 10.5. The van der Waals surface area contributed by atoms with Crippen LogP contribution >= 0.6 is 0 Å². The van der Waals surface area contributed by atoms with Gasteiger partial charge in [0.25, 0.3) is 0 Å². The van der Waals surface area contributed by atoms with Gasteiger partial charge in [-0.1, -0.05) is 24.3 Å². The molecule has 1 aliphatic rings. The molecule has 1 fully saturated rings. The number of ether oxygens (including phenoxy) is 1. The molecule has 0 saturated carbocycles. The number of morpholine rings is 1. The molecular weight excluding hydrogens is 428 g/mol. The van der Waals surface area contributed by atoms with Crippen LogP contribution in [0.1, 0.15) is 11.1 Å². The van der Waals surface area contributed by atoms with Crippen molar-refractivity contribution in [3.8, 4) is 0 Å². The van der Waals surface area contributed by atoms with E-state index in [1.165, 1.54) is 0 Å². The molecule has 1 heterocycles. The van der Waals surface area contributed by atoms with E-state index in [1.807, 2.05) is 24.3 Å². The zero-order valence-corrected chi connectivity index (χ0v) is 18.0. The van der Waals surface area contributed by atoms with Crippen molar-refractivity contribution in [3.63, 3.8) is 0 Å². The second-order valence-corrected chi connectivity index (χ2v) is 9.26. The summed E-state index contributed by atoms with van der Waals surface area (Å²) < 4.78 is 56.9. The number of sulfonamides is 1. The minimum Gasteiger partial charge on any atom is -0.379 e. The summed E-state index contributed by atoms with van der Waals surface area (Å²) in [5.74, 6) is -2.85. The Hall–Kier alpha value is -2.56. The fourth-order valence-electron chi connectivity index (χ4n) is 3.21. The number of carbonyl (C=O) groups is 1. The summed E-state index contributed by atoms with van der Waals surface area (Å²) in [7, 11) is -3.88. The fraction of sp³-hybridized carbons (Fsp3) is 0.381. The van der Waals surface area contributed by atoms with Crippen LogP contribution in [0.15, 0.2) is 42.5 Å². The van der Waals surface area contributed by atoms with E-state index < -0.39 is 34.1 Å². The van der Waals surface area contributed by atoms with E-state index >= 15 is 0 Å². The van der Waals surface area contributed by atoms with Crippen molar-refractivity contribution in [3.05, 3.63) is 65.2 Å². The Morgan fingerprint density at radius 1 is 1.06 bits per heavy atom. The molecule has 1 saturated heterocycles. The molecule has 0 atom stereocenters. The minimum absolute atomic E-state index is 0.121. The fourth-order valence-corrected chi connectivity index (χ4v) is 4.06. The van der Waals surface area contributed by atoms with Crippen LogP contribution < -0.4 is 9.62 Å². The Kier molecular flexibility index (Phi) is 7.58. The summed E-state index contributed by atoms with van der Waals surface area (Å²) in [6.07, 6.45) is 0.898. The van der Waals surface area contributed by atoms with Crippen molar-refractivity contribution in [2.24, 2.45) is 0 Å². The van der Waals surface area contributed by atoms with Gasteiger partial charge in [-0.2, -0.15) is 0 Å². The largest absolute Gasteiger partial charge is 0.379 e. The highest BCUT2D eigenvalue weighted by Crippen LogP contribution is 2.20. The number of nitrogens with one attached hydrogen (secondary N) is 1. The highest BCUT2D eigenvalue weighted by Gasteiger charge is 2.22. The smallest absolute Gasteiger partial charge is 0.241 e. The van der Waals surface area contributed by atoms with Gasteiger partial charge in [0.2, 0.25) is 15.9 Å². The lowest BCUT2D eigenvalue weighted by atomic mass is 10.1. The topological polar surface area (TPSA) is 79.0 Å². The van der Waals surface area contributed by atoms with Gasteiger partial charge in [0.1, 0.15) is 6.54 Å². The second-order valence-electron chi connectivity index (χ2n) is 7.35. The molecule has 1 aliphatic heterocycles. The lowest BCUT2D eigenvalue weighted by molar-refractivity contribution is -0.119. The zero-order chi connectivity index (χ0) is 22.4. The normalized spacial score (nSPS) is 14.9. The van der Waals surface area contributed by atoms with Crippen molar-refractivity contribution in [2.45, 2.75) is 13.1 Å². The molecule has 0 bridgehead atoms. The maximum Gasteiger partial charge on any atom is 0.241 e. The Morgan fingerprint density at radius 2 is 1.71 bits per heavy atom. The number of nitrogens with zero attached hydrogens (tertiary/aromatic N) is 2. The van der Waals surface area contributed by atoms with E-state index in [9.17, 15) is 22.0 Å². The Bertz CT molecular complexity index is 1010. The van der Waals surface area contributed by atoms with E-state index in [1.54, 1.807) is 0 Å². The Labute approximate surface area is 180 Å². The van der Waals surface area contributed by atoms with Crippen molar-refractivity contribution >= 4 is 21.6 Å². The molecule has 0 unspecified atom stereocenters. The molecule has 1 amide bonds. The third kappa shape index (κ3) is 6.71. The van der Waals surface area contributed by atoms with Gasteiger partial charge in [0.15, 0.2) is 11.6 Å². The van der Waals surface area contributed by atoms with Crippen LogP contribution in [-0.4, -0.2) is 58.3 Å². The average molecular weight is 454 g/mol. The molecule has 168 valence electrons. The molecule has 0 aromatic heterocycles. The van der Waals surface area contributed by atoms with Gasteiger partial charge in [0.05, 0.1) is 25.2 Å². The second kappa shape index (κ2) is 10.2. The van der Waals surface area contributed by atoms with E-state index in [-0.39, 0.29) is 12.2 Å². The zero-order valence-electron chi connectivity index (χ0n) is 17.2. The summed E-state index contributed by atoms with van der Waals surface area (Å²) in [6.45, 7) is 3.76.